The SMILES string of the molecule is O=C(/C=C1/CC/C1=C\C(=O)c1ccccc1)c1ccccc1. The third-order valence-corrected chi connectivity index (χ3v) is 3.80. The Balaban J connectivity index is 1.77. The zero-order valence-corrected chi connectivity index (χ0v) is 12.2. The van der Waals surface area contributed by atoms with Crippen molar-refractivity contribution < 1.29 is 9.59 Å². The lowest BCUT2D eigenvalue weighted by molar-refractivity contribution is 0.103. The zero-order valence-electron chi connectivity index (χ0n) is 12.2. The Morgan fingerprint density at radius 1 is 0.636 bits per heavy atom. The summed E-state index contributed by atoms with van der Waals surface area (Å²) in [7, 11) is 0. The summed E-state index contributed by atoms with van der Waals surface area (Å²) in [6.45, 7) is 0. The standard InChI is InChI=1S/C20H16O2/c21-19(15-7-3-1-4-8-15)13-17-11-12-18(17)14-20(22)16-9-5-2-6-10-16/h1-10,13-14H,11-12H2/b17-13-,18-14+. The minimum absolute atomic E-state index is 0.00615. The molecule has 3 rings (SSSR count). The van der Waals surface area contributed by atoms with Crippen molar-refractivity contribution in [1.29, 1.82) is 0 Å². The smallest absolute Gasteiger partial charge is 0.186 e. The van der Waals surface area contributed by atoms with Crippen LogP contribution in [0.25, 0.3) is 0 Å². The summed E-state index contributed by atoms with van der Waals surface area (Å²) in [5, 5.41) is 0. The Morgan fingerprint density at radius 3 is 1.32 bits per heavy atom. The van der Waals surface area contributed by atoms with Gasteiger partial charge in [0, 0.05) is 11.1 Å². The van der Waals surface area contributed by atoms with E-state index in [1.54, 1.807) is 36.4 Å². The molecule has 1 aliphatic rings. The van der Waals surface area contributed by atoms with Crippen LogP contribution in [0.5, 0.6) is 0 Å². The van der Waals surface area contributed by atoms with Crippen molar-refractivity contribution in [3.8, 4) is 0 Å². The zero-order chi connectivity index (χ0) is 15.4. The van der Waals surface area contributed by atoms with Crippen LogP contribution in [0.15, 0.2) is 84.0 Å². The summed E-state index contributed by atoms with van der Waals surface area (Å²) in [5.41, 5.74) is 3.29. The normalized spacial score (nSPS) is 17.3. The van der Waals surface area contributed by atoms with Gasteiger partial charge in [-0.15, -0.1) is 0 Å². The maximum Gasteiger partial charge on any atom is 0.186 e. The lowest BCUT2D eigenvalue weighted by Gasteiger charge is -2.21. The lowest BCUT2D eigenvalue weighted by Crippen LogP contribution is -2.09. The summed E-state index contributed by atoms with van der Waals surface area (Å²) in [6, 6.07) is 18.4. The number of benzene rings is 2. The Hall–Kier alpha value is -2.74. The minimum Gasteiger partial charge on any atom is -0.289 e. The highest BCUT2D eigenvalue weighted by atomic mass is 16.1. The molecular formula is C20H16O2. The first-order valence-electron chi connectivity index (χ1n) is 7.34. The molecule has 0 spiro atoms. The fraction of sp³-hybridized carbons (Fsp3) is 0.100. The molecule has 2 nitrogen and oxygen atoms in total. The first kappa shape index (κ1) is 14.2. The van der Waals surface area contributed by atoms with E-state index < -0.39 is 0 Å². The molecule has 0 aliphatic heterocycles. The van der Waals surface area contributed by atoms with E-state index in [9.17, 15) is 9.59 Å². The van der Waals surface area contributed by atoms with Crippen molar-refractivity contribution in [2.75, 3.05) is 0 Å². The Kier molecular flexibility index (Phi) is 4.10. The molecule has 2 aromatic rings. The van der Waals surface area contributed by atoms with E-state index in [1.807, 2.05) is 36.4 Å². The predicted molar refractivity (Wildman–Crippen MR) is 86.9 cm³/mol. The quantitative estimate of drug-likeness (QED) is 0.617. The second kappa shape index (κ2) is 6.35. The lowest BCUT2D eigenvalue weighted by atomic mass is 9.83. The van der Waals surface area contributed by atoms with Gasteiger partial charge in [0.05, 0.1) is 0 Å². The van der Waals surface area contributed by atoms with E-state index >= 15 is 0 Å². The first-order valence-corrected chi connectivity index (χ1v) is 7.34. The fourth-order valence-electron chi connectivity index (χ4n) is 2.43. The molecule has 1 saturated carbocycles. The molecular weight excluding hydrogens is 272 g/mol. The number of hydrogen-bond donors (Lipinski definition) is 0. The number of ketones is 2. The summed E-state index contributed by atoms with van der Waals surface area (Å²) in [6.07, 6.45) is 5.02. The van der Waals surface area contributed by atoms with E-state index in [0.717, 1.165) is 24.0 Å². The minimum atomic E-state index is -0.00615. The van der Waals surface area contributed by atoms with Crippen LogP contribution in [-0.4, -0.2) is 11.6 Å². The van der Waals surface area contributed by atoms with Gasteiger partial charge in [-0.1, -0.05) is 60.7 Å². The Morgan fingerprint density at radius 2 is 1.00 bits per heavy atom. The number of allylic oxidation sites excluding steroid dienone is 4. The fourth-order valence-corrected chi connectivity index (χ4v) is 2.43. The molecule has 0 bridgehead atoms. The van der Waals surface area contributed by atoms with E-state index in [-0.39, 0.29) is 11.6 Å². The molecule has 1 fully saturated rings. The molecule has 2 heteroatoms. The van der Waals surface area contributed by atoms with Gasteiger partial charge in [0.25, 0.3) is 0 Å². The highest BCUT2D eigenvalue weighted by Gasteiger charge is 2.19. The summed E-state index contributed by atoms with van der Waals surface area (Å²) < 4.78 is 0. The maximum absolute atomic E-state index is 12.2. The molecule has 0 radical (unpaired) electrons. The van der Waals surface area contributed by atoms with Crippen molar-refractivity contribution >= 4 is 11.6 Å². The van der Waals surface area contributed by atoms with Crippen LogP contribution in [-0.2, 0) is 0 Å². The molecule has 0 aromatic heterocycles. The van der Waals surface area contributed by atoms with Gasteiger partial charge in [0.1, 0.15) is 0 Å². The number of carbonyl (C=O) groups excluding carboxylic acids is 2. The molecule has 0 heterocycles. The van der Waals surface area contributed by atoms with Gasteiger partial charge in [0.2, 0.25) is 0 Å². The van der Waals surface area contributed by atoms with Crippen LogP contribution in [0.4, 0.5) is 0 Å². The van der Waals surface area contributed by atoms with Gasteiger partial charge in [0.15, 0.2) is 11.6 Å². The van der Waals surface area contributed by atoms with E-state index in [2.05, 4.69) is 0 Å². The molecule has 22 heavy (non-hydrogen) atoms. The topological polar surface area (TPSA) is 34.1 Å². The van der Waals surface area contributed by atoms with Crippen LogP contribution in [0.1, 0.15) is 33.6 Å². The van der Waals surface area contributed by atoms with Crippen molar-refractivity contribution in [2.24, 2.45) is 0 Å². The molecule has 0 atom stereocenters. The van der Waals surface area contributed by atoms with Crippen LogP contribution >= 0.6 is 0 Å². The third kappa shape index (κ3) is 3.12. The van der Waals surface area contributed by atoms with Crippen LogP contribution in [0.2, 0.25) is 0 Å². The number of hydrogen-bond acceptors (Lipinski definition) is 2. The third-order valence-electron chi connectivity index (χ3n) is 3.80. The van der Waals surface area contributed by atoms with E-state index in [4.69, 9.17) is 0 Å². The van der Waals surface area contributed by atoms with Crippen molar-refractivity contribution in [1.82, 2.24) is 0 Å². The molecule has 0 N–H and O–H groups in total. The largest absolute Gasteiger partial charge is 0.289 e. The monoisotopic (exact) mass is 288 g/mol. The van der Waals surface area contributed by atoms with Crippen molar-refractivity contribution in [3.05, 3.63) is 95.1 Å². The second-order valence-corrected chi connectivity index (χ2v) is 5.30. The average molecular weight is 288 g/mol. The predicted octanol–water partition coefficient (Wildman–Crippen LogP) is 4.40. The highest BCUT2D eigenvalue weighted by molar-refractivity contribution is 6.07. The van der Waals surface area contributed by atoms with Gasteiger partial charge in [-0.3, -0.25) is 9.59 Å². The Bertz CT molecular complexity index is 685. The van der Waals surface area contributed by atoms with Crippen molar-refractivity contribution in [3.63, 3.8) is 0 Å². The van der Waals surface area contributed by atoms with E-state index in [1.165, 1.54) is 0 Å². The average Bonchev–Trinajstić information content (AvgIpc) is 2.57. The molecule has 2 aromatic carbocycles. The maximum atomic E-state index is 12.2. The molecule has 0 amide bonds. The van der Waals surface area contributed by atoms with Crippen LogP contribution in [0, 0.1) is 0 Å². The second-order valence-electron chi connectivity index (χ2n) is 5.30. The summed E-state index contributed by atoms with van der Waals surface area (Å²) in [4.78, 5) is 24.3. The molecule has 108 valence electrons. The summed E-state index contributed by atoms with van der Waals surface area (Å²) in [5.74, 6) is -0.0123. The van der Waals surface area contributed by atoms with Gasteiger partial charge in [-0.05, 0) is 36.1 Å². The van der Waals surface area contributed by atoms with Gasteiger partial charge in [-0.2, -0.15) is 0 Å². The molecule has 1 aliphatic carbocycles. The summed E-state index contributed by atoms with van der Waals surface area (Å²) >= 11 is 0. The van der Waals surface area contributed by atoms with Crippen LogP contribution < -0.4 is 0 Å². The highest BCUT2D eigenvalue weighted by Crippen LogP contribution is 2.33. The first-order chi connectivity index (χ1) is 10.7. The number of rotatable bonds is 4. The van der Waals surface area contributed by atoms with Gasteiger partial charge in [-0.25, -0.2) is 0 Å². The van der Waals surface area contributed by atoms with Crippen LogP contribution in [0.3, 0.4) is 0 Å². The number of carbonyl (C=O) groups is 2. The Labute approximate surface area is 129 Å². The van der Waals surface area contributed by atoms with Gasteiger partial charge >= 0.3 is 0 Å². The molecule has 0 saturated heterocycles. The van der Waals surface area contributed by atoms with Gasteiger partial charge < -0.3 is 0 Å². The molecule has 0 unspecified atom stereocenters. The van der Waals surface area contributed by atoms with Crippen molar-refractivity contribution in [2.45, 2.75) is 12.8 Å². The van der Waals surface area contributed by atoms with E-state index in [0.29, 0.717) is 11.1 Å².